The molecule has 1 amide bonds. The van der Waals surface area contributed by atoms with Gasteiger partial charge in [0.15, 0.2) is 11.0 Å². The van der Waals surface area contributed by atoms with Gasteiger partial charge in [0, 0.05) is 28.4 Å². The number of thioether (sulfide) groups is 1. The number of fused-ring (bicyclic) bond motifs is 1. The number of carbonyl (C=O) groups is 1. The van der Waals surface area contributed by atoms with Gasteiger partial charge in [-0.25, -0.2) is 0 Å². The average Bonchev–Trinajstić information content (AvgIpc) is 3.58. The second kappa shape index (κ2) is 9.83. The molecule has 0 saturated heterocycles. The smallest absolute Gasteiger partial charge is 0.233 e. The molecule has 0 bridgehead atoms. The molecule has 0 aliphatic carbocycles. The van der Waals surface area contributed by atoms with Crippen LogP contribution in [0.4, 0.5) is 0 Å². The molecule has 1 aromatic carbocycles. The van der Waals surface area contributed by atoms with Gasteiger partial charge in [-0.15, -0.1) is 32.9 Å². The molecule has 4 aromatic rings. The van der Waals surface area contributed by atoms with Crippen LogP contribution in [0.3, 0.4) is 0 Å². The summed E-state index contributed by atoms with van der Waals surface area (Å²) in [5.74, 6) is 1.38. The van der Waals surface area contributed by atoms with Crippen LogP contribution in [0.15, 0.2) is 58.4 Å². The summed E-state index contributed by atoms with van der Waals surface area (Å²) in [6.07, 6.45) is 1.90. The number of aromatic nitrogens is 3. The van der Waals surface area contributed by atoms with Crippen molar-refractivity contribution >= 4 is 40.3 Å². The second-order valence-corrected chi connectivity index (χ2v) is 11.1. The van der Waals surface area contributed by atoms with E-state index in [9.17, 15) is 4.79 Å². The molecule has 0 radical (unpaired) electrons. The molecule has 5 rings (SSSR count). The minimum atomic E-state index is 0.0180. The second-order valence-electron chi connectivity index (χ2n) is 8.17. The van der Waals surface area contributed by atoms with Gasteiger partial charge in [-0.1, -0.05) is 48.5 Å². The maximum Gasteiger partial charge on any atom is 0.233 e. The van der Waals surface area contributed by atoms with E-state index in [1.807, 2.05) is 6.07 Å². The van der Waals surface area contributed by atoms with Crippen molar-refractivity contribution in [2.75, 3.05) is 12.3 Å². The molecule has 0 spiro atoms. The van der Waals surface area contributed by atoms with E-state index in [1.54, 1.807) is 22.7 Å². The number of amides is 1. The summed E-state index contributed by atoms with van der Waals surface area (Å²) in [7, 11) is 0. The van der Waals surface area contributed by atoms with Gasteiger partial charge in [0.2, 0.25) is 5.91 Å². The predicted octanol–water partition coefficient (Wildman–Crippen LogP) is 6.05. The van der Waals surface area contributed by atoms with Gasteiger partial charge in [-0.2, -0.15) is 0 Å². The molecule has 0 saturated carbocycles. The summed E-state index contributed by atoms with van der Waals surface area (Å²) >= 11 is 5.02. The zero-order chi connectivity index (χ0) is 22.8. The highest BCUT2D eigenvalue weighted by Gasteiger charge is 2.33. The third-order valence-electron chi connectivity index (χ3n) is 5.86. The summed E-state index contributed by atoms with van der Waals surface area (Å²) in [5.41, 5.74) is 3.54. The third kappa shape index (κ3) is 4.52. The summed E-state index contributed by atoms with van der Waals surface area (Å²) < 4.78 is 2.15. The fourth-order valence-electron chi connectivity index (χ4n) is 4.37. The number of nitrogens with zero attached hydrogens (tertiary/aromatic N) is 4. The van der Waals surface area contributed by atoms with Gasteiger partial charge >= 0.3 is 0 Å². The monoisotopic (exact) mass is 494 g/mol. The lowest BCUT2D eigenvalue weighted by atomic mass is 9.98. The Labute approximate surface area is 206 Å². The van der Waals surface area contributed by atoms with Gasteiger partial charge in [0.05, 0.1) is 11.8 Å². The van der Waals surface area contributed by atoms with Crippen LogP contribution in [0.5, 0.6) is 0 Å². The minimum absolute atomic E-state index is 0.0180. The van der Waals surface area contributed by atoms with Gasteiger partial charge in [0.25, 0.3) is 0 Å². The van der Waals surface area contributed by atoms with Crippen LogP contribution < -0.4 is 0 Å². The average molecular weight is 495 g/mol. The molecule has 5 nitrogen and oxygen atoms in total. The number of benzene rings is 1. The van der Waals surface area contributed by atoms with E-state index in [2.05, 4.69) is 80.7 Å². The molecular formula is C25H26N4OS3. The lowest BCUT2D eigenvalue weighted by Gasteiger charge is -2.35. The summed E-state index contributed by atoms with van der Waals surface area (Å²) in [5, 5.41) is 14.0. The first kappa shape index (κ1) is 22.4. The Morgan fingerprint density at radius 2 is 2.06 bits per heavy atom. The van der Waals surface area contributed by atoms with Crippen LogP contribution in [0.1, 0.15) is 40.3 Å². The van der Waals surface area contributed by atoms with Crippen LogP contribution in [0.25, 0.3) is 11.4 Å². The van der Waals surface area contributed by atoms with Crippen molar-refractivity contribution in [2.45, 2.75) is 44.4 Å². The summed E-state index contributed by atoms with van der Waals surface area (Å²) in [6.45, 7) is 5.82. The summed E-state index contributed by atoms with van der Waals surface area (Å²) in [6, 6.07) is 14.7. The highest BCUT2D eigenvalue weighted by atomic mass is 32.2. The predicted molar refractivity (Wildman–Crippen MR) is 137 cm³/mol. The van der Waals surface area contributed by atoms with Crippen molar-refractivity contribution in [3.05, 3.63) is 74.1 Å². The topological polar surface area (TPSA) is 51.0 Å². The Morgan fingerprint density at radius 1 is 1.15 bits per heavy atom. The maximum atomic E-state index is 13.5. The number of carbonyl (C=O) groups excluding carboxylic acids is 1. The highest BCUT2D eigenvalue weighted by Crippen LogP contribution is 2.40. The van der Waals surface area contributed by atoms with E-state index in [-0.39, 0.29) is 11.9 Å². The Hall–Kier alpha value is -2.42. The number of rotatable bonds is 7. The van der Waals surface area contributed by atoms with Gasteiger partial charge in [-0.3, -0.25) is 4.79 Å². The van der Waals surface area contributed by atoms with Crippen LogP contribution in [-0.4, -0.2) is 37.9 Å². The molecule has 1 aliphatic rings. The molecule has 170 valence electrons. The molecule has 33 heavy (non-hydrogen) atoms. The van der Waals surface area contributed by atoms with Gasteiger partial charge in [-0.05, 0) is 54.3 Å². The standard InChI is InChI=1S/C25H26N4OS3/c1-3-11-29-24(18-7-4-6-17(2)15-18)26-27-25(29)33-16-22(30)28-12-9-20-19(10-14-32-20)23(28)21-8-5-13-31-21/h4-8,10,13-15,23H,3,9,11-12,16H2,1-2H3. The largest absolute Gasteiger partial charge is 0.330 e. The molecule has 3 aromatic heterocycles. The SMILES string of the molecule is CCCn1c(SCC(=O)N2CCc3sccc3C2c2cccs2)nnc1-c1cccc(C)c1. The zero-order valence-corrected chi connectivity index (χ0v) is 21.2. The quantitative estimate of drug-likeness (QED) is 0.293. The Balaban J connectivity index is 1.37. The van der Waals surface area contributed by atoms with Crippen molar-refractivity contribution in [3.63, 3.8) is 0 Å². The number of aryl methyl sites for hydroxylation is 1. The molecule has 1 unspecified atom stereocenters. The normalized spacial score (nSPS) is 15.6. The Bertz CT molecular complexity index is 1240. The zero-order valence-electron chi connectivity index (χ0n) is 18.7. The van der Waals surface area contributed by atoms with E-state index < -0.39 is 0 Å². The van der Waals surface area contributed by atoms with Crippen LogP contribution in [-0.2, 0) is 17.8 Å². The molecular weight excluding hydrogens is 469 g/mol. The molecule has 0 fully saturated rings. The summed E-state index contributed by atoms with van der Waals surface area (Å²) in [4.78, 5) is 18.1. The minimum Gasteiger partial charge on any atom is -0.330 e. The van der Waals surface area contributed by atoms with E-state index in [1.165, 1.54) is 32.6 Å². The maximum absolute atomic E-state index is 13.5. The first-order valence-corrected chi connectivity index (χ1v) is 13.9. The highest BCUT2D eigenvalue weighted by molar-refractivity contribution is 7.99. The van der Waals surface area contributed by atoms with Crippen molar-refractivity contribution in [1.82, 2.24) is 19.7 Å². The Morgan fingerprint density at radius 3 is 2.85 bits per heavy atom. The lowest BCUT2D eigenvalue weighted by molar-refractivity contribution is -0.130. The van der Waals surface area contributed by atoms with Gasteiger partial charge in [0.1, 0.15) is 0 Å². The van der Waals surface area contributed by atoms with E-state index in [0.717, 1.165) is 42.5 Å². The number of hydrogen-bond acceptors (Lipinski definition) is 6. The molecule has 0 N–H and O–H groups in total. The van der Waals surface area contributed by atoms with Crippen molar-refractivity contribution in [3.8, 4) is 11.4 Å². The van der Waals surface area contributed by atoms with Crippen molar-refractivity contribution in [2.24, 2.45) is 0 Å². The molecule has 1 aliphatic heterocycles. The van der Waals surface area contributed by atoms with Gasteiger partial charge < -0.3 is 9.47 Å². The first-order valence-electron chi connectivity index (χ1n) is 11.2. The van der Waals surface area contributed by atoms with Crippen LogP contribution in [0, 0.1) is 6.92 Å². The number of thiophene rings is 2. The molecule has 1 atom stereocenters. The number of hydrogen-bond donors (Lipinski definition) is 0. The molecule has 4 heterocycles. The van der Waals surface area contributed by atoms with E-state index in [0.29, 0.717) is 5.75 Å². The fraction of sp³-hybridized carbons (Fsp3) is 0.320. The fourth-order valence-corrected chi connectivity index (χ4v) is 6.98. The van der Waals surface area contributed by atoms with Crippen molar-refractivity contribution in [1.29, 1.82) is 0 Å². The first-order chi connectivity index (χ1) is 16.2. The third-order valence-corrected chi connectivity index (χ3v) is 8.74. The van der Waals surface area contributed by atoms with E-state index in [4.69, 9.17) is 0 Å². The van der Waals surface area contributed by atoms with Crippen LogP contribution >= 0.6 is 34.4 Å². The van der Waals surface area contributed by atoms with Crippen LogP contribution in [0.2, 0.25) is 0 Å². The molecule has 8 heteroatoms. The lowest BCUT2D eigenvalue weighted by Crippen LogP contribution is -2.40. The van der Waals surface area contributed by atoms with Crippen molar-refractivity contribution < 1.29 is 4.79 Å². The van der Waals surface area contributed by atoms with E-state index >= 15 is 0 Å². The Kier molecular flexibility index (Phi) is 6.66.